The number of carbonyl (C=O) groups is 1. The topological polar surface area (TPSA) is 128 Å². The number of hydrogen-bond donors (Lipinski definition) is 4. The summed E-state index contributed by atoms with van der Waals surface area (Å²) in [6.07, 6.45) is 0. The molecule has 0 aliphatic carbocycles. The minimum absolute atomic E-state index is 0.177. The number of nitrogens with two attached hydrogens (primary N) is 2. The van der Waals surface area contributed by atoms with Crippen LogP contribution in [0.4, 0.5) is 5.82 Å². The largest absolute Gasteiger partial charge is 0.496 e. The van der Waals surface area contributed by atoms with Crippen LogP contribution in [0.25, 0.3) is 11.3 Å². The molecule has 2 aromatic carbocycles. The molecule has 0 aliphatic rings. The average molecular weight is 444 g/mol. The van der Waals surface area contributed by atoms with Crippen molar-refractivity contribution in [3.63, 3.8) is 0 Å². The van der Waals surface area contributed by atoms with Gasteiger partial charge in [-0.05, 0) is 17.7 Å². The monoisotopic (exact) mass is 443 g/mol. The van der Waals surface area contributed by atoms with Crippen molar-refractivity contribution < 1.29 is 14.6 Å². The zero-order chi connectivity index (χ0) is 22.4. The maximum absolute atomic E-state index is 12.5. The molecule has 1 unspecified atom stereocenters. The van der Waals surface area contributed by atoms with Crippen molar-refractivity contribution in [3.05, 3.63) is 65.2 Å². The van der Waals surface area contributed by atoms with Crippen molar-refractivity contribution >= 4 is 23.3 Å². The van der Waals surface area contributed by atoms with E-state index in [0.717, 1.165) is 11.1 Å². The lowest BCUT2D eigenvalue weighted by Gasteiger charge is -2.12. The van der Waals surface area contributed by atoms with Gasteiger partial charge in [-0.15, -0.1) is 11.6 Å². The first-order valence-electron chi connectivity index (χ1n) is 9.78. The predicted molar refractivity (Wildman–Crippen MR) is 121 cm³/mol. The number of para-hydroxylation sites is 1. The second-order valence-electron chi connectivity index (χ2n) is 6.93. The number of nitrogen functional groups attached to an aromatic ring is 1. The molecule has 3 rings (SSSR count). The normalized spacial score (nSPS) is 11.9. The first-order valence-corrected chi connectivity index (χ1v) is 10.3. The van der Waals surface area contributed by atoms with E-state index < -0.39 is 6.04 Å². The van der Waals surface area contributed by atoms with Gasteiger partial charge in [0.25, 0.3) is 5.91 Å². The van der Waals surface area contributed by atoms with Gasteiger partial charge < -0.3 is 26.6 Å². The summed E-state index contributed by atoms with van der Waals surface area (Å²) < 4.78 is 6.76. The number of amides is 1. The van der Waals surface area contributed by atoms with E-state index in [2.05, 4.69) is 10.4 Å². The summed E-state index contributed by atoms with van der Waals surface area (Å²) in [5.74, 6) is 0.882. The zero-order valence-corrected chi connectivity index (χ0v) is 18.0. The molecule has 0 fully saturated rings. The van der Waals surface area contributed by atoms with E-state index in [-0.39, 0.29) is 24.9 Å². The molecule has 1 heterocycles. The van der Waals surface area contributed by atoms with Crippen LogP contribution in [0.3, 0.4) is 0 Å². The number of methoxy groups -OCH3 is 1. The molecule has 1 aromatic heterocycles. The van der Waals surface area contributed by atoms with Gasteiger partial charge in [0.2, 0.25) is 0 Å². The SMILES string of the molecule is COc1ccccc1C(=O)NCc1ccc(-c2nn(C(CO)CCl)c(N)c2CN)cc1. The molecule has 3 aromatic rings. The highest BCUT2D eigenvalue weighted by Gasteiger charge is 2.21. The molecule has 31 heavy (non-hydrogen) atoms. The number of aliphatic hydroxyl groups is 1. The number of alkyl halides is 1. The molecular formula is C22H26ClN5O3. The maximum Gasteiger partial charge on any atom is 0.255 e. The van der Waals surface area contributed by atoms with Crippen LogP contribution < -0.4 is 21.5 Å². The molecule has 9 heteroatoms. The van der Waals surface area contributed by atoms with Crippen LogP contribution in [-0.4, -0.2) is 40.4 Å². The van der Waals surface area contributed by atoms with Gasteiger partial charge in [-0.3, -0.25) is 4.79 Å². The number of nitrogens with one attached hydrogen (secondary N) is 1. The number of ether oxygens (including phenoxy) is 1. The highest BCUT2D eigenvalue weighted by atomic mass is 35.5. The van der Waals surface area contributed by atoms with Gasteiger partial charge in [0, 0.05) is 30.1 Å². The lowest BCUT2D eigenvalue weighted by Crippen LogP contribution is -2.23. The summed E-state index contributed by atoms with van der Waals surface area (Å²) in [5.41, 5.74) is 15.6. The predicted octanol–water partition coefficient (Wildman–Crippen LogP) is 2.30. The summed E-state index contributed by atoms with van der Waals surface area (Å²) in [7, 11) is 1.53. The van der Waals surface area contributed by atoms with Gasteiger partial charge in [0.15, 0.2) is 0 Å². The number of anilines is 1. The summed E-state index contributed by atoms with van der Waals surface area (Å²) in [4.78, 5) is 12.5. The van der Waals surface area contributed by atoms with E-state index in [1.165, 1.54) is 11.8 Å². The van der Waals surface area contributed by atoms with Gasteiger partial charge in [-0.1, -0.05) is 36.4 Å². The van der Waals surface area contributed by atoms with Crippen molar-refractivity contribution in [1.29, 1.82) is 0 Å². The third-order valence-corrected chi connectivity index (χ3v) is 5.38. The molecule has 0 spiro atoms. The van der Waals surface area contributed by atoms with Crippen LogP contribution in [-0.2, 0) is 13.1 Å². The standard InChI is InChI=1S/C22H26ClN5O3/c1-31-19-5-3-2-4-17(19)22(30)26-12-14-6-8-15(9-7-14)20-18(11-24)21(25)28(27-20)16(10-23)13-29/h2-9,16,29H,10-13,24-25H2,1H3,(H,26,30). The van der Waals surface area contributed by atoms with E-state index in [1.54, 1.807) is 18.2 Å². The van der Waals surface area contributed by atoms with Crippen molar-refractivity contribution in [2.75, 3.05) is 25.3 Å². The number of halogens is 1. The molecular weight excluding hydrogens is 418 g/mol. The second kappa shape index (κ2) is 10.3. The number of nitrogens with zero attached hydrogens (tertiary/aromatic N) is 2. The number of benzene rings is 2. The summed E-state index contributed by atoms with van der Waals surface area (Å²) in [5, 5.41) is 17.0. The maximum atomic E-state index is 12.5. The Labute approximate surface area is 185 Å². The lowest BCUT2D eigenvalue weighted by atomic mass is 10.1. The summed E-state index contributed by atoms with van der Waals surface area (Å²) in [6, 6.07) is 14.2. The number of rotatable bonds is 9. The van der Waals surface area contributed by atoms with Crippen LogP contribution in [0.2, 0.25) is 0 Å². The Balaban J connectivity index is 1.76. The zero-order valence-electron chi connectivity index (χ0n) is 17.2. The minimum Gasteiger partial charge on any atom is -0.496 e. The molecule has 1 amide bonds. The van der Waals surface area contributed by atoms with E-state index in [4.69, 9.17) is 27.8 Å². The number of aliphatic hydroxyl groups excluding tert-OH is 1. The van der Waals surface area contributed by atoms with Crippen LogP contribution in [0.1, 0.15) is 27.5 Å². The van der Waals surface area contributed by atoms with Gasteiger partial charge in [-0.25, -0.2) is 4.68 Å². The molecule has 0 saturated heterocycles. The van der Waals surface area contributed by atoms with E-state index in [1.807, 2.05) is 30.3 Å². The quantitative estimate of drug-likeness (QED) is 0.375. The number of carbonyl (C=O) groups excluding carboxylic acids is 1. The minimum atomic E-state index is -0.426. The van der Waals surface area contributed by atoms with Crippen LogP contribution in [0.5, 0.6) is 5.75 Å². The molecule has 0 saturated carbocycles. The fourth-order valence-corrected chi connectivity index (χ4v) is 3.50. The smallest absolute Gasteiger partial charge is 0.255 e. The van der Waals surface area contributed by atoms with Gasteiger partial charge in [0.05, 0.1) is 31.0 Å². The highest BCUT2D eigenvalue weighted by Crippen LogP contribution is 2.29. The van der Waals surface area contributed by atoms with Crippen molar-refractivity contribution in [1.82, 2.24) is 15.1 Å². The average Bonchev–Trinajstić information content (AvgIpc) is 3.14. The van der Waals surface area contributed by atoms with Gasteiger partial charge in [-0.2, -0.15) is 5.10 Å². The lowest BCUT2D eigenvalue weighted by molar-refractivity contribution is 0.0948. The van der Waals surface area contributed by atoms with Crippen LogP contribution in [0, 0.1) is 0 Å². The first-order chi connectivity index (χ1) is 15.0. The number of hydrogen-bond acceptors (Lipinski definition) is 6. The third kappa shape index (κ3) is 4.82. The molecule has 0 radical (unpaired) electrons. The third-order valence-electron chi connectivity index (χ3n) is 5.02. The fourth-order valence-electron chi connectivity index (χ4n) is 3.27. The van der Waals surface area contributed by atoms with Crippen LogP contribution in [0.15, 0.2) is 48.5 Å². The summed E-state index contributed by atoms with van der Waals surface area (Å²) >= 11 is 5.92. The van der Waals surface area contributed by atoms with Crippen molar-refractivity contribution in [3.8, 4) is 17.0 Å². The van der Waals surface area contributed by atoms with Gasteiger partial charge in [0.1, 0.15) is 11.6 Å². The molecule has 8 nitrogen and oxygen atoms in total. The Morgan fingerprint density at radius 3 is 2.58 bits per heavy atom. The summed E-state index contributed by atoms with van der Waals surface area (Å²) in [6.45, 7) is 0.387. The Bertz CT molecular complexity index is 1030. The fraction of sp³-hybridized carbons (Fsp3) is 0.273. The molecule has 0 bridgehead atoms. The number of aromatic nitrogens is 2. The molecule has 6 N–H and O–H groups in total. The van der Waals surface area contributed by atoms with Crippen LogP contribution >= 0.6 is 11.6 Å². The Morgan fingerprint density at radius 1 is 1.26 bits per heavy atom. The Hall–Kier alpha value is -3.07. The van der Waals surface area contributed by atoms with E-state index in [0.29, 0.717) is 34.9 Å². The van der Waals surface area contributed by atoms with Gasteiger partial charge >= 0.3 is 0 Å². The highest BCUT2D eigenvalue weighted by molar-refractivity contribution is 6.18. The molecule has 164 valence electrons. The van der Waals surface area contributed by atoms with Crippen molar-refractivity contribution in [2.45, 2.75) is 19.1 Å². The van der Waals surface area contributed by atoms with E-state index in [9.17, 15) is 9.90 Å². The molecule has 1 atom stereocenters. The van der Waals surface area contributed by atoms with Crippen molar-refractivity contribution in [2.24, 2.45) is 5.73 Å². The Kier molecular flexibility index (Phi) is 7.51. The molecule has 0 aliphatic heterocycles. The second-order valence-corrected chi connectivity index (χ2v) is 7.24. The van der Waals surface area contributed by atoms with E-state index >= 15 is 0 Å². The first kappa shape index (κ1) is 22.6. The Morgan fingerprint density at radius 2 is 1.97 bits per heavy atom.